The van der Waals surface area contributed by atoms with Crippen molar-refractivity contribution < 1.29 is 9.90 Å². The predicted molar refractivity (Wildman–Crippen MR) is 120 cm³/mol. The molecule has 0 spiro atoms. The highest BCUT2D eigenvalue weighted by Gasteiger charge is 2.24. The van der Waals surface area contributed by atoms with Crippen LogP contribution in [0.15, 0.2) is 60.1 Å². The zero-order chi connectivity index (χ0) is 20.8. The number of anilines is 1. The van der Waals surface area contributed by atoms with E-state index in [1.165, 1.54) is 5.56 Å². The average molecular weight is 423 g/mol. The fraction of sp³-hybridized carbons (Fsp3) is 0.304. The SMILES string of the molecule is O=C(NCc1ccccc1CN1CCC[C@H]1CO)Nc1ccc(-c2nccs2)cc1. The van der Waals surface area contributed by atoms with Crippen molar-refractivity contribution in [3.8, 4) is 10.6 Å². The van der Waals surface area contributed by atoms with Gasteiger partial charge in [-0.05, 0) is 54.8 Å². The Morgan fingerprint density at radius 1 is 1.17 bits per heavy atom. The Morgan fingerprint density at radius 2 is 1.97 bits per heavy atom. The molecule has 0 aliphatic carbocycles. The summed E-state index contributed by atoms with van der Waals surface area (Å²) in [6.07, 6.45) is 3.95. The van der Waals surface area contributed by atoms with Gasteiger partial charge >= 0.3 is 6.03 Å². The number of carbonyl (C=O) groups excluding carboxylic acids is 1. The number of hydrogen-bond donors (Lipinski definition) is 3. The van der Waals surface area contributed by atoms with Gasteiger partial charge in [0.25, 0.3) is 0 Å². The number of aliphatic hydroxyl groups is 1. The molecular formula is C23H26N4O2S. The third kappa shape index (κ3) is 5.05. The summed E-state index contributed by atoms with van der Waals surface area (Å²) in [6.45, 7) is 2.45. The highest BCUT2D eigenvalue weighted by molar-refractivity contribution is 7.13. The topological polar surface area (TPSA) is 77.5 Å². The van der Waals surface area contributed by atoms with Crippen molar-refractivity contribution in [2.24, 2.45) is 0 Å². The Labute approximate surface area is 180 Å². The van der Waals surface area contributed by atoms with Gasteiger partial charge in [0.05, 0.1) is 6.61 Å². The normalized spacial score (nSPS) is 16.5. The van der Waals surface area contributed by atoms with Crippen LogP contribution in [-0.4, -0.2) is 40.2 Å². The Kier molecular flexibility index (Phi) is 6.74. The molecule has 4 rings (SSSR count). The molecule has 7 heteroatoms. The van der Waals surface area contributed by atoms with Crippen molar-refractivity contribution in [2.75, 3.05) is 18.5 Å². The van der Waals surface area contributed by atoms with Crippen LogP contribution >= 0.6 is 11.3 Å². The number of nitrogens with one attached hydrogen (secondary N) is 2. The second-order valence-electron chi connectivity index (χ2n) is 7.44. The fourth-order valence-electron chi connectivity index (χ4n) is 3.83. The third-order valence-corrected chi connectivity index (χ3v) is 6.29. The summed E-state index contributed by atoms with van der Waals surface area (Å²) in [7, 11) is 0. The van der Waals surface area contributed by atoms with E-state index >= 15 is 0 Å². The Bertz CT molecular complexity index is 960. The second kappa shape index (κ2) is 9.84. The molecule has 2 heterocycles. The summed E-state index contributed by atoms with van der Waals surface area (Å²) in [6, 6.07) is 15.8. The minimum Gasteiger partial charge on any atom is -0.395 e. The van der Waals surface area contributed by atoms with Gasteiger partial charge in [0, 0.05) is 42.0 Å². The van der Waals surface area contributed by atoms with E-state index in [1.807, 2.05) is 47.8 Å². The quantitative estimate of drug-likeness (QED) is 0.536. The Morgan fingerprint density at radius 3 is 2.70 bits per heavy atom. The lowest BCUT2D eigenvalue weighted by molar-refractivity contribution is 0.153. The van der Waals surface area contributed by atoms with Gasteiger partial charge in [-0.2, -0.15) is 0 Å². The first-order chi connectivity index (χ1) is 14.7. The molecule has 1 fully saturated rings. The summed E-state index contributed by atoms with van der Waals surface area (Å²) in [4.78, 5) is 19.0. The smallest absolute Gasteiger partial charge is 0.319 e. The zero-order valence-corrected chi connectivity index (χ0v) is 17.6. The molecule has 6 nitrogen and oxygen atoms in total. The van der Waals surface area contributed by atoms with Crippen LogP contribution in [-0.2, 0) is 13.1 Å². The maximum Gasteiger partial charge on any atom is 0.319 e. The molecule has 0 saturated carbocycles. The van der Waals surface area contributed by atoms with Crippen molar-refractivity contribution in [3.63, 3.8) is 0 Å². The van der Waals surface area contributed by atoms with Gasteiger partial charge in [-0.1, -0.05) is 24.3 Å². The summed E-state index contributed by atoms with van der Waals surface area (Å²) in [5.74, 6) is 0. The van der Waals surface area contributed by atoms with Gasteiger partial charge in [0.1, 0.15) is 5.01 Å². The number of aromatic nitrogens is 1. The van der Waals surface area contributed by atoms with E-state index in [0.717, 1.165) is 47.8 Å². The minimum atomic E-state index is -0.235. The molecule has 1 aromatic heterocycles. The van der Waals surface area contributed by atoms with Crippen LogP contribution in [0.4, 0.5) is 10.5 Å². The van der Waals surface area contributed by atoms with E-state index in [1.54, 1.807) is 17.5 Å². The van der Waals surface area contributed by atoms with Gasteiger partial charge in [-0.25, -0.2) is 9.78 Å². The summed E-state index contributed by atoms with van der Waals surface area (Å²) in [5, 5.41) is 18.3. The highest BCUT2D eigenvalue weighted by atomic mass is 32.1. The van der Waals surface area contributed by atoms with Crippen molar-refractivity contribution in [1.29, 1.82) is 0 Å². The van der Waals surface area contributed by atoms with E-state index in [9.17, 15) is 9.90 Å². The molecule has 3 N–H and O–H groups in total. The number of thiazole rings is 1. The lowest BCUT2D eigenvalue weighted by Gasteiger charge is -2.24. The molecule has 3 aromatic rings. The number of urea groups is 1. The maximum atomic E-state index is 12.4. The van der Waals surface area contributed by atoms with Crippen LogP contribution in [0.2, 0.25) is 0 Å². The first kappa shape index (κ1) is 20.5. The first-order valence-electron chi connectivity index (χ1n) is 10.2. The van der Waals surface area contributed by atoms with E-state index < -0.39 is 0 Å². The number of carbonyl (C=O) groups is 1. The number of likely N-dealkylation sites (tertiary alicyclic amines) is 1. The van der Waals surface area contributed by atoms with Crippen LogP contribution < -0.4 is 10.6 Å². The molecule has 0 radical (unpaired) electrons. The number of nitrogens with zero attached hydrogens (tertiary/aromatic N) is 2. The molecule has 30 heavy (non-hydrogen) atoms. The molecule has 1 atom stereocenters. The number of amides is 2. The predicted octanol–water partition coefficient (Wildman–Crippen LogP) is 4.09. The monoisotopic (exact) mass is 422 g/mol. The maximum absolute atomic E-state index is 12.4. The molecule has 2 amide bonds. The van der Waals surface area contributed by atoms with Crippen LogP contribution in [0.5, 0.6) is 0 Å². The number of hydrogen-bond acceptors (Lipinski definition) is 5. The summed E-state index contributed by atoms with van der Waals surface area (Å²) >= 11 is 1.59. The lowest BCUT2D eigenvalue weighted by atomic mass is 10.1. The molecule has 156 valence electrons. The summed E-state index contributed by atoms with van der Waals surface area (Å²) < 4.78 is 0. The fourth-order valence-corrected chi connectivity index (χ4v) is 4.47. The van der Waals surface area contributed by atoms with Crippen LogP contribution in [0, 0.1) is 0 Å². The standard InChI is InChI=1S/C23H26N4O2S/c28-16-21-6-3-12-27(21)15-19-5-2-1-4-18(19)14-25-23(29)26-20-9-7-17(8-10-20)22-24-11-13-30-22/h1-2,4-5,7-11,13,21,28H,3,6,12,14-16H2,(H2,25,26,29)/t21-/m0/s1. The molecule has 1 aliphatic rings. The molecule has 2 aromatic carbocycles. The van der Waals surface area contributed by atoms with Gasteiger partial charge in [0.2, 0.25) is 0 Å². The highest BCUT2D eigenvalue weighted by Crippen LogP contribution is 2.23. The molecular weight excluding hydrogens is 396 g/mol. The molecule has 1 aliphatic heterocycles. The minimum absolute atomic E-state index is 0.199. The first-order valence-corrected chi connectivity index (χ1v) is 11.1. The third-order valence-electron chi connectivity index (χ3n) is 5.46. The molecule has 1 saturated heterocycles. The number of rotatable bonds is 7. The van der Waals surface area contributed by atoms with Gasteiger partial charge in [-0.15, -0.1) is 11.3 Å². The van der Waals surface area contributed by atoms with Gasteiger partial charge < -0.3 is 15.7 Å². The van der Waals surface area contributed by atoms with Crippen LogP contribution in [0.1, 0.15) is 24.0 Å². The van der Waals surface area contributed by atoms with E-state index in [2.05, 4.69) is 26.6 Å². The van der Waals surface area contributed by atoms with Crippen molar-refractivity contribution in [1.82, 2.24) is 15.2 Å². The second-order valence-corrected chi connectivity index (χ2v) is 8.33. The van der Waals surface area contributed by atoms with Crippen LogP contribution in [0.25, 0.3) is 10.6 Å². The lowest BCUT2D eigenvalue weighted by Crippen LogP contribution is -2.32. The van der Waals surface area contributed by atoms with Crippen LogP contribution in [0.3, 0.4) is 0 Å². The van der Waals surface area contributed by atoms with E-state index in [0.29, 0.717) is 6.54 Å². The van der Waals surface area contributed by atoms with Gasteiger partial charge in [0.15, 0.2) is 0 Å². The van der Waals surface area contributed by atoms with Crippen molar-refractivity contribution in [2.45, 2.75) is 32.0 Å². The Balaban J connectivity index is 1.33. The van der Waals surface area contributed by atoms with Gasteiger partial charge in [-0.3, -0.25) is 4.90 Å². The number of aliphatic hydroxyl groups excluding tert-OH is 1. The largest absolute Gasteiger partial charge is 0.395 e. The van der Waals surface area contributed by atoms with E-state index in [-0.39, 0.29) is 18.7 Å². The van der Waals surface area contributed by atoms with Crippen molar-refractivity contribution in [3.05, 3.63) is 71.2 Å². The zero-order valence-electron chi connectivity index (χ0n) is 16.8. The van der Waals surface area contributed by atoms with Crippen molar-refractivity contribution >= 4 is 23.1 Å². The molecule has 0 bridgehead atoms. The Hall–Kier alpha value is -2.74. The average Bonchev–Trinajstić information content (AvgIpc) is 3.46. The molecule has 0 unspecified atom stereocenters. The number of benzene rings is 2. The van der Waals surface area contributed by atoms with E-state index in [4.69, 9.17) is 0 Å². The summed E-state index contributed by atoms with van der Waals surface area (Å²) in [5.41, 5.74) is 4.05.